The van der Waals surface area contributed by atoms with Crippen LogP contribution in [0.15, 0.2) is 4.99 Å². The first-order chi connectivity index (χ1) is 6.16. The molecular formula is C10H22N2O. The third-order valence-corrected chi connectivity index (χ3v) is 1.75. The van der Waals surface area contributed by atoms with E-state index in [9.17, 15) is 0 Å². The molecule has 0 aliphatic carbocycles. The van der Waals surface area contributed by atoms with Crippen molar-refractivity contribution in [2.45, 2.75) is 33.6 Å². The first-order valence-electron chi connectivity index (χ1n) is 5.03. The average Bonchev–Trinajstić information content (AvgIpc) is 2.10. The standard InChI is InChI=1S/C10H22N2O/c1-4-10(11)12-6-8-13-7-5-9(2)3/h9H,4-8H2,1-3H3,(H2,11,12). The Morgan fingerprint density at radius 1 is 1.38 bits per heavy atom. The van der Waals surface area contributed by atoms with Crippen LogP contribution in [0.4, 0.5) is 0 Å². The van der Waals surface area contributed by atoms with Crippen LogP contribution >= 0.6 is 0 Å². The predicted octanol–water partition coefficient (Wildman–Crippen LogP) is 1.82. The third kappa shape index (κ3) is 9.34. The van der Waals surface area contributed by atoms with E-state index in [4.69, 9.17) is 10.5 Å². The molecule has 0 unspecified atom stereocenters. The summed E-state index contributed by atoms with van der Waals surface area (Å²) in [5.74, 6) is 1.43. The highest BCUT2D eigenvalue weighted by molar-refractivity contribution is 5.79. The van der Waals surface area contributed by atoms with Gasteiger partial charge in [0, 0.05) is 13.0 Å². The molecule has 0 aromatic heterocycles. The van der Waals surface area contributed by atoms with Crippen molar-refractivity contribution in [3.63, 3.8) is 0 Å². The Hall–Kier alpha value is -0.570. The highest BCUT2D eigenvalue weighted by Crippen LogP contribution is 1.98. The SMILES string of the molecule is CCC(N)=NCCOCCC(C)C. The normalized spacial score (nSPS) is 12.5. The Kier molecular flexibility index (Phi) is 7.69. The quantitative estimate of drug-likeness (QED) is 0.374. The fourth-order valence-electron chi connectivity index (χ4n) is 0.787. The van der Waals surface area contributed by atoms with Crippen LogP contribution in [0, 0.1) is 5.92 Å². The van der Waals surface area contributed by atoms with E-state index in [-0.39, 0.29) is 0 Å². The molecule has 2 N–H and O–H groups in total. The van der Waals surface area contributed by atoms with Crippen molar-refractivity contribution in [2.24, 2.45) is 16.6 Å². The van der Waals surface area contributed by atoms with Gasteiger partial charge in [-0.3, -0.25) is 4.99 Å². The van der Waals surface area contributed by atoms with Gasteiger partial charge in [-0.1, -0.05) is 20.8 Å². The van der Waals surface area contributed by atoms with Crippen molar-refractivity contribution in [2.75, 3.05) is 19.8 Å². The predicted molar refractivity (Wildman–Crippen MR) is 57.1 cm³/mol. The van der Waals surface area contributed by atoms with Crippen molar-refractivity contribution in [3.8, 4) is 0 Å². The monoisotopic (exact) mass is 186 g/mol. The lowest BCUT2D eigenvalue weighted by atomic mass is 10.1. The molecule has 0 amide bonds. The van der Waals surface area contributed by atoms with Crippen LogP contribution in [-0.4, -0.2) is 25.6 Å². The van der Waals surface area contributed by atoms with Gasteiger partial charge in [0.05, 0.1) is 19.0 Å². The third-order valence-electron chi connectivity index (χ3n) is 1.75. The molecule has 3 nitrogen and oxygen atoms in total. The summed E-state index contributed by atoms with van der Waals surface area (Å²) in [4.78, 5) is 4.13. The van der Waals surface area contributed by atoms with Gasteiger partial charge in [0.15, 0.2) is 0 Å². The zero-order chi connectivity index (χ0) is 10.1. The summed E-state index contributed by atoms with van der Waals surface area (Å²) in [7, 11) is 0. The van der Waals surface area contributed by atoms with Crippen LogP contribution in [0.3, 0.4) is 0 Å². The Labute approximate surface area is 81.4 Å². The second-order valence-corrected chi connectivity index (χ2v) is 3.52. The topological polar surface area (TPSA) is 47.6 Å². The molecule has 0 aromatic rings. The molecule has 0 aliphatic heterocycles. The molecule has 0 bridgehead atoms. The number of rotatable bonds is 7. The van der Waals surface area contributed by atoms with Crippen LogP contribution in [0.1, 0.15) is 33.6 Å². The van der Waals surface area contributed by atoms with E-state index in [0.717, 1.165) is 19.4 Å². The molecule has 0 atom stereocenters. The molecule has 0 fully saturated rings. The Morgan fingerprint density at radius 2 is 2.08 bits per heavy atom. The minimum Gasteiger partial charge on any atom is -0.387 e. The van der Waals surface area contributed by atoms with E-state index in [0.29, 0.717) is 24.9 Å². The molecule has 0 rings (SSSR count). The smallest absolute Gasteiger partial charge is 0.0935 e. The fraction of sp³-hybridized carbons (Fsp3) is 0.900. The van der Waals surface area contributed by atoms with Crippen molar-refractivity contribution in [3.05, 3.63) is 0 Å². The maximum Gasteiger partial charge on any atom is 0.0935 e. The maximum atomic E-state index is 5.53. The van der Waals surface area contributed by atoms with E-state index in [1.54, 1.807) is 0 Å². The van der Waals surface area contributed by atoms with Gasteiger partial charge in [0.25, 0.3) is 0 Å². The first-order valence-corrected chi connectivity index (χ1v) is 5.03. The average molecular weight is 186 g/mol. The van der Waals surface area contributed by atoms with Crippen LogP contribution in [0.5, 0.6) is 0 Å². The number of aliphatic imine (C=N–C) groups is 1. The second kappa shape index (κ2) is 8.05. The van der Waals surface area contributed by atoms with E-state index >= 15 is 0 Å². The number of amidine groups is 1. The molecule has 0 saturated carbocycles. The molecule has 78 valence electrons. The number of nitrogens with zero attached hydrogens (tertiary/aromatic N) is 1. The maximum absolute atomic E-state index is 5.53. The number of hydrogen-bond acceptors (Lipinski definition) is 2. The zero-order valence-corrected chi connectivity index (χ0v) is 9.05. The lowest BCUT2D eigenvalue weighted by molar-refractivity contribution is 0.131. The summed E-state index contributed by atoms with van der Waals surface area (Å²) in [5.41, 5.74) is 5.53. The van der Waals surface area contributed by atoms with Crippen LogP contribution < -0.4 is 5.73 Å². The molecule has 0 heterocycles. The van der Waals surface area contributed by atoms with E-state index in [1.165, 1.54) is 0 Å². The van der Waals surface area contributed by atoms with Crippen molar-refractivity contribution < 1.29 is 4.74 Å². The summed E-state index contributed by atoms with van der Waals surface area (Å²) in [6.07, 6.45) is 1.94. The molecule has 0 saturated heterocycles. The number of ether oxygens (including phenoxy) is 1. The molecule has 0 radical (unpaired) electrons. The van der Waals surface area contributed by atoms with Crippen molar-refractivity contribution in [1.82, 2.24) is 0 Å². The molecule has 0 spiro atoms. The Balaban J connectivity index is 3.17. The van der Waals surface area contributed by atoms with E-state index < -0.39 is 0 Å². The second-order valence-electron chi connectivity index (χ2n) is 3.52. The van der Waals surface area contributed by atoms with Crippen LogP contribution in [0.25, 0.3) is 0 Å². The van der Waals surface area contributed by atoms with Crippen LogP contribution in [0.2, 0.25) is 0 Å². The van der Waals surface area contributed by atoms with E-state index in [1.807, 2.05) is 6.92 Å². The molecule has 0 aliphatic rings. The summed E-state index contributed by atoms with van der Waals surface area (Å²) < 4.78 is 5.38. The number of hydrogen-bond donors (Lipinski definition) is 1. The molecular weight excluding hydrogens is 164 g/mol. The minimum absolute atomic E-state index is 0.688. The van der Waals surface area contributed by atoms with Gasteiger partial charge in [-0.15, -0.1) is 0 Å². The first kappa shape index (κ1) is 12.4. The summed E-state index contributed by atoms with van der Waals surface area (Å²) in [5, 5.41) is 0. The lowest BCUT2D eigenvalue weighted by Crippen LogP contribution is -2.12. The highest BCUT2D eigenvalue weighted by atomic mass is 16.5. The van der Waals surface area contributed by atoms with Gasteiger partial charge in [-0.05, 0) is 12.3 Å². The molecule has 3 heteroatoms. The largest absolute Gasteiger partial charge is 0.387 e. The van der Waals surface area contributed by atoms with Crippen LogP contribution in [-0.2, 0) is 4.74 Å². The van der Waals surface area contributed by atoms with Gasteiger partial charge in [-0.2, -0.15) is 0 Å². The molecule has 13 heavy (non-hydrogen) atoms. The zero-order valence-electron chi connectivity index (χ0n) is 9.05. The lowest BCUT2D eigenvalue weighted by Gasteiger charge is -2.04. The van der Waals surface area contributed by atoms with Crippen molar-refractivity contribution in [1.29, 1.82) is 0 Å². The minimum atomic E-state index is 0.688. The number of nitrogens with two attached hydrogens (primary N) is 1. The summed E-state index contributed by atoms with van der Waals surface area (Å²) in [6, 6.07) is 0. The summed E-state index contributed by atoms with van der Waals surface area (Å²) in [6.45, 7) is 8.59. The molecule has 0 aromatic carbocycles. The fourth-order valence-corrected chi connectivity index (χ4v) is 0.787. The van der Waals surface area contributed by atoms with Gasteiger partial charge >= 0.3 is 0 Å². The Bertz CT molecular complexity index is 144. The van der Waals surface area contributed by atoms with Gasteiger partial charge < -0.3 is 10.5 Å². The van der Waals surface area contributed by atoms with Gasteiger partial charge in [0.2, 0.25) is 0 Å². The highest BCUT2D eigenvalue weighted by Gasteiger charge is 1.93. The summed E-state index contributed by atoms with van der Waals surface area (Å²) >= 11 is 0. The van der Waals surface area contributed by atoms with Gasteiger partial charge in [-0.25, -0.2) is 0 Å². The van der Waals surface area contributed by atoms with Crippen molar-refractivity contribution >= 4 is 5.84 Å². The Morgan fingerprint density at radius 3 is 2.62 bits per heavy atom. The van der Waals surface area contributed by atoms with Gasteiger partial charge in [0.1, 0.15) is 0 Å². The van der Waals surface area contributed by atoms with E-state index in [2.05, 4.69) is 18.8 Å².